The van der Waals surface area contributed by atoms with Gasteiger partial charge in [0.1, 0.15) is 10.9 Å². The Morgan fingerprint density at radius 3 is 2.86 bits per heavy atom. The molecule has 1 amide bonds. The van der Waals surface area contributed by atoms with E-state index >= 15 is 0 Å². The van der Waals surface area contributed by atoms with Crippen molar-refractivity contribution in [3.63, 3.8) is 0 Å². The Bertz CT molecular complexity index is 685. The number of carbonyl (C=O) groups is 1. The van der Waals surface area contributed by atoms with Gasteiger partial charge in [-0.3, -0.25) is 4.79 Å². The lowest BCUT2D eigenvalue weighted by atomic mass is 9.97. The van der Waals surface area contributed by atoms with Crippen LogP contribution >= 0.6 is 23.1 Å². The van der Waals surface area contributed by atoms with Crippen molar-refractivity contribution in [1.29, 1.82) is 0 Å². The summed E-state index contributed by atoms with van der Waals surface area (Å²) in [6.07, 6.45) is 4.42. The number of nitrogens with zero attached hydrogens (tertiary/aromatic N) is 4. The van der Waals surface area contributed by atoms with E-state index in [0.717, 1.165) is 28.0 Å². The first-order valence-corrected chi connectivity index (χ1v) is 8.40. The van der Waals surface area contributed by atoms with Gasteiger partial charge in [-0.2, -0.15) is 0 Å². The predicted molar refractivity (Wildman–Crippen MR) is 81.7 cm³/mol. The van der Waals surface area contributed by atoms with Crippen molar-refractivity contribution in [2.75, 3.05) is 5.32 Å². The minimum Gasteiger partial charge on any atom is -0.301 e. The van der Waals surface area contributed by atoms with E-state index in [1.165, 1.54) is 54.1 Å². The van der Waals surface area contributed by atoms with Crippen LogP contribution in [0.25, 0.3) is 0 Å². The van der Waals surface area contributed by atoms with E-state index in [1.807, 2.05) is 6.92 Å². The largest absolute Gasteiger partial charge is 0.301 e. The van der Waals surface area contributed by atoms with Crippen molar-refractivity contribution >= 4 is 34.1 Å². The van der Waals surface area contributed by atoms with E-state index in [-0.39, 0.29) is 5.91 Å². The zero-order valence-corrected chi connectivity index (χ0v) is 13.5. The van der Waals surface area contributed by atoms with Crippen molar-refractivity contribution in [2.45, 2.75) is 48.9 Å². The molecule has 0 atom stereocenters. The highest BCUT2D eigenvalue weighted by atomic mass is 32.2. The molecule has 0 aromatic carbocycles. The van der Waals surface area contributed by atoms with Crippen molar-refractivity contribution in [3.8, 4) is 0 Å². The van der Waals surface area contributed by atoms with Gasteiger partial charge in [0.05, 0.1) is 0 Å². The normalized spacial score (nSPS) is 13.8. The second kappa shape index (κ2) is 6.07. The van der Waals surface area contributed by atoms with Gasteiger partial charge in [-0.15, -0.1) is 10.2 Å². The Morgan fingerprint density at radius 1 is 1.24 bits per heavy atom. The Labute approximate surface area is 130 Å². The standard InChI is InChI=1S/C13H15N5OS2/c1-7-14-10-6-4-3-5-9(10)11(15-7)20-13-18-17-12(21-13)16-8(2)19/h3-6H2,1-2H3,(H,16,17,19). The first-order chi connectivity index (χ1) is 10.1. The fraction of sp³-hybridized carbons (Fsp3) is 0.462. The highest BCUT2D eigenvalue weighted by molar-refractivity contribution is 8.01. The summed E-state index contributed by atoms with van der Waals surface area (Å²) >= 11 is 2.87. The maximum absolute atomic E-state index is 11.0. The van der Waals surface area contributed by atoms with Gasteiger partial charge in [0, 0.05) is 18.2 Å². The van der Waals surface area contributed by atoms with Crippen LogP contribution in [0.4, 0.5) is 5.13 Å². The molecule has 6 nitrogen and oxygen atoms in total. The third kappa shape index (κ3) is 3.38. The van der Waals surface area contributed by atoms with Crippen LogP contribution in [0.5, 0.6) is 0 Å². The highest BCUT2D eigenvalue weighted by Crippen LogP contribution is 2.35. The molecule has 0 aliphatic heterocycles. The van der Waals surface area contributed by atoms with E-state index in [0.29, 0.717) is 5.13 Å². The topological polar surface area (TPSA) is 80.7 Å². The lowest BCUT2D eigenvalue weighted by molar-refractivity contribution is -0.114. The summed E-state index contributed by atoms with van der Waals surface area (Å²) in [6, 6.07) is 0. The van der Waals surface area contributed by atoms with Gasteiger partial charge in [0.15, 0.2) is 4.34 Å². The minimum atomic E-state index is -0.141. The van der Waals surface area contributed by atoms with Gasteiger partial charge >= 0.3 is 0 Å². The maximum Gasteiger partial charge on any atom is 0.223 e. The Balaban J connectivity index is 1.86. The maximum atomic E-state index is 11.0. The smallest absolute Gasteiger partial charge is 0.223 e. The molecule has 3 rings (SSSR count). The van der Waals surface area contributed by atoms with Crippen LogP contribution in [0.1, 0.15) is 36.8 Å². The van der Waals surface area contributed by atoms with Crippen LogP contribution in [-0.2, 0) is 17.6 Å². The Kier molecular flexibility index (Phi) is 4.16. The summed E-state index contributed by atoms with van der Waals surface area (Å²) < 4.78 is 0.782. The number of carbonyl (C=O) groups excluding carboxylic acids is 1. The number of anilines is 1. The summed E-state index contributed by atoms with van der Waals surface area (Å²) in [5.41, 5.74) is 2.41. The lowest BCUT2D eigenvalue weighted by Gasteiger charge is -2.17. The molecule has 0 bridgehead atoms. The van der Waals surface area contributed by atoms with E-state index in [1.54, 1.807) is 0 Å². The molecule has 1 aliphatic carbocycles. The Hall–Kier alpha value is -1.54. The van der Waals surface area contributed by atoms with Gasteiger partial charge in [0.2, 0.25) is 11.0 Å². The molecule has 0 radical (unpaired) electrons. The molecule has 2 heterocycles. The second-order valence-electron chi connectivity index (χ2n) is 4.86. The molecule has 0 fully saturated rings. The first kappa shape index (κ1) is 14.4. The average Bonchev–Trinajstić information content (AvgIpc) is 2.85. The number of fused-ring (bicyclic) bond motifs is 1. The van der Waals surface area contributed by atoms with Crippen LogP contribution in [-0.4, -0.2) is 26.1 Å². The fourth-order valence-electron chi connectivity index (χ4n) is 2.30. The number of aromatic nitrogens is 4. The molecule has 8 heteroatoms. The molecule has 2 aromatic heterocycles. The third-order valence-corrected chi connectivity index (χ3v) is 5.05. The van der Waals surface area contributed by atoms with Crippen LogP contribution < -0.4 is 5.32 Å². The number of aryl methyl sites for hydroxylation is 2. The van der Waals surface area contributed by atoms with E-state index < -0.39 is 0 Å². The summed E-state index contributed by atoms with van der Waals surface area (Å²) in [5.74, 6) is 0.655. The van der Waals surface area contributed by atoms with Crippen LogP contribution in [0.2, 0.25) is 0 Å². The van der Waals surface area contributed by atoms with Gasteiger partial charge in [-0.25, -0.2) is 9.97 Å². The molecule has 1 aliphatic rings. The van der Waals surface area contributed by atoms with Gasteiger partial charge < -0.3 is 5.32 Å². The average molecular weight is 321 g/mol. The predicted octanol–water partition coefficient (Wildman–Crippen LogP) is 2.62. The van der Waals surface area contributed by atoms with Crippen molar-refractivity contribution in [3.05, 3.63) is 17.1 Å². The molecule has 21 heavy (non-hydrogen) atoms. The molecule has 0 saturated carbocycles. The van der Waals surface area contributed by atoms with E-state index in [4.69, 9.17) is 0 Å². The summed E-state index contributed by atoms with van der Waals surface area (Å²) in [5, 5.41) is 12.2. The van der Waals surface area contributed by atoms with E-state index in [2.05, 4.69) is 25.5 Å². The number of hydrogen-bond donors (Lipinski definition) is 1. The number of amides is 1. The molecule has 0 unspecified atom stereocenters. The zero-order chi connectivity index (χ0) is 14.8. The lowest BCUT2D eigenvalue weighted by Crippen LogP contribution is -2.10. The molecule has 0 saturated heterocycles. The molecular weight excluding hydrogens is 306 g/mol. The van der Waals surface area contributed by atoms with E-state index in [9.17, 15) is 4.79 Å². The monoisotopic (exact) mass is 321 g/mol. The highest BCUT2D eigenvalue weighted by Gasteiger charge is 2.19. The molecule has 110 valence electrons. The number of rotatable bonds is 3. The van der Waals surface area contributed by atoms with Crippen molar-refractivity contribution in [2.24, 2.45) is 0 Å². The fourth-order valence-corrected chi connectivity index (χ4v) is 4.23. The van der Waals surface area contributed by atoms with Gasteiger partial charge in [0.25, 0.3) is 0 Å². The number of nitrogens with one attached hydrogen (secondary N) is 1. The van der Waals surface area contributed by atoms with Gasteiger partial charge in [-0.1, -0.05) is 11.3 Å². The van der Waals surface area contributed by atoms with Gasteiger partial charge in [-0.05, 0) is 44.4 Å². The Morgan fingerprint density at radius 2 is 2.05 bits per heavy atom. The zero-order valence-electron chi connectivity index (χ0n) is 11.8. The van der Waals surface area contributed by atoms with Crippen LogP contribution in [0, 0.1) is 6.92 Å². The molecule has 1 N–H and O–H groups in total. The van der Waals surface area contributed by atoms with Crippen molar-refractivity contribution in [1.82, 2.24) is 20.2 Å². The first-order valence-electron chi connectivity index (χ1n) is 6.77. The summed E-state index contributed by atoms with van der Waals surface area (Å²) in [4.78, 5) is 20.1. The molecule has 0 spiro atoms. The second-order valence-corrected chi connectivity index (χ2v) is 7.08. The van der Waals surface area contributed by atoms with Crippen molar-refractivity contribution < 1.29 is 4.79 Å². The quantitative estimate of drug-likeness (QED) is 0.691. The third-order valence-electron chi connectivity index (χ3n) is 3.13. The molecule has 2 aromatic rings. The summed E-state index contributed by atoms with van der Waals surface area (Å²) in [6.45, 7) is 3.38. The molecular formula is C13H15N5OS2. The summed E-state index contributed by atoms with van der Waals surface area (Å²) in [7, 11) is 0. The SMILES string of the molecule is CC(=O)Nc1nnc(Sc2nc(C)nc3c2CCCC3)s1. The number of hydrogen-bond acceptors (Lipinski definition) is 7. The van der Waals surface area contributed by atoms with Crippen LogP contribution in [0.3, 0.4) is 0 Å². The minimum absolute atomic E-state index is 0.141. The van der Waals surface area contributed by atoms with Crippen LogP contribution in [0.15, 0.2) is 9.37 Å².